The van der Waals surface area contributed by atoms with E-state index in [4.69, 9.17) is 11.5 Å². The third-order valence-electron chi connectivity index (χ3n) is 5.96. The Labute approximate surface area is 235 Å². The average molecular weight is 581 g/mol. The number of para-hydroxylation sites is 1. The van der Waals surface area contributed by atoms with Gasteiger partial charge in [-0.3, -0.25) is 19.2 Å². The van der Waals surface area contributed by atoms with Gasteiger partial charge in [-0.1, -0.05) is 18.2 Å². The van der Waals surface area contributed by atoms with Crippen LogP contribution in [0.2, 0.25) is 0 Å². The number of aromatic amines is 1. The summed E-state index contributed by atoms with van der Waals surface area (Å²) >= 11 is 2.87. The molecule has 0 aliphatic carbocycles. The molecule has 0 fully saturated rings. The van der Waals surface area contributed by atoms with E-state index in [9.17, 15) is 29.1 Å². The van der Waals surface area contributed by atoms with Crippen LogP contribution in [0.1, 0.15) is 24.8 Å². The van der Waals surface area contributed by atoms with Crippen molar-refractivity contribution in [3.05, 3.63) is 36.0 Å². The maximum atomic E-state index is 13.2. The van der Waals surface area contributed by atoms with Crippen LogP contribution in [0.15, 0.2) is 30.5 Å². The Hall–Kier alpha value is -3.23. The van der Waals surface area contributed by atoms with Gasteiger partial charge in [-0.05, 0) is 54.9 Å². The number of carbonyl (C=O) groups is 5. The third-order valence-corrected chi connectivity index (χ3v) is 7.25. The number of aliphatic carboxylic acids is 1. The standard InChI is InChI=1S/C25H36N6O6S2/c1-38-9-7-18(29-22(33)16(26)11-14-13-28-17-6-4-3-5-15(14)17)23(34)31-20(12-21(27)32)24(35)30-19(25(36)37)8-10-39-2/h3-6,13,16,18-20,28H,7-12,26H2,1-2H3,(H2,27,32)(H,29,33)(H,30,35)(H,31,34)(H,36,37). The van der Waals surface area contributed by atoms with Crippen molar-refractivity contribution in [1.82, 2.24) is 20.9 Å². The van der Waals surface area contributed by atoms with E-state index in [1.54, 1.807) is 12.5 Å². The van der Waals surface area contributed by atoms with Gasteiger partial charge >= 0.3 is 5.97 Å². The van der Waals surface area contributed by atoms with Crippen LogP contribution in [0.25, 0.3) is 10.9 Å². The summed E-state index contributed by atoms with van der Waals surface area (Å²) in [7, 11) is 0. The Morgan fingerprint density at radius 2 is 1.46 bits per heavy atom. The van der Waals surface area contributed by atoms with Crippen LogP contribution in [0.4, 0.5) is 0 Å². The van der Waals surface area contributed by atoms with E-state index in [0.29, 0.717) is 11.5 Å². The van der Waals surface area contributed by atoms with Gasteiger partial charge in [0, 0.05) is 17.1 Å². The number of hydrogen-bond donors (Lipinski definition) is 7. The number of carboxylic acid groups (broad SMARTS) is 1. The molecule has 0 spiro atoms. The highest BCUT2D eigenvalue weighted by molar-refractivity contribution is 7.98. The van der Waals surface area contributed by atoms with Crippen LogP contribution in [0, 0.1) is 0 Å². The molecule has 0 bridgehead atoms. The van der Waals surface area contributed by atoms with E-state index < -0.39 is 60.2 Å². The van der Waals surface area contributed by atoms with Gasteiger partial charge in [-0.25, -0.2) is 4.79 Å². The quantitative estimate of drug-likeness (QED) is 0.134. The van der Waals surface area contributed by atoms with E-state index in [0.717, 1.165) is 16.5 Å². The molecule has 214 valence electrons. The van der Waals surface area contributed by atoms with E-state index in [1.807, 2.05) is 30.5 Å². The van der Waals surface area contributed by atoms with E-state index >= 15 is 0 Å². The molecule has 4 atom stereocenters. The first-order chi connectivity index (χ1) is 18.6. The number of carbonyl (C=O) groups excluding carboxylic acids is 4. The summed E-state index contributed by atoms with van der Waals surface area (Å²) in [6, 6.07) is 2.98. The van der Waals surface area contributed by atoms with E-state index in [1.165, 1.54) is 23.5 Å². The highest BCUT2D eigenvalue weighted by atomic mass is 32.2. The van der Waals surface area contributed by atoms with Gasteiger partial charge < -0.3 is 37.5 Å². The zero-order chi connectivity index (χ0) is 28.9. The number of aromatic nitrogens is 1. The minimum Gasteiger partial charge on any atom is -0.480 e. The maximum absolute atomic E-state index is 13.2. The normalized spacial score (nSPS) is 14.1. The lowest BCUT2D eigenvalue weighted by Gasteiger charge is -2.24. The van der Waals surface area contributed by atoms with Crippen LogP contribution >= 0.6 is 23.5 Å². The topological polar surface area (TPSA) is 209 Å². The first-order valence-corrected chi connectivity index (χ1v) is 15.1. The van der Waals surface area contributed by atoms with Crippen LogP contribution in [-0.4, -0.2) is 87.9 Å². The summed E-state index contributed by atoms with van der Waals surface area (Å²) in [4.78, 5) is 65.2. The zero-order valence-electron chi connectivity index (χ0n) is 21.9. The molecule has 4 unspecified atom stereocenters. The van der Waals surface area contributed by atoms with E-state index in [-0.39, 0.29) is 19.3 Å². The summed E-state index contributed by atoms with van der Waals surface area (Å²) in [6.07, 6.45) is 5.49. The molecule has 0 aliphatic heterocycles. The fourth-order valence-corrected chi connectivity index (χ4v) is 4.80. The molecule has 0 aliphatic rings. The number of hydrogen-bond acceptors (Lipinski definition) is 8. The zero-order valence-corrected chi connectivity index (χ0v) is 23.5. The molecule has 14 heteroatoms. The van der Waals surface area contributed by atoms with Crippen molar-refractivity contribution >= 4 is 64.0 Å². The Morgan fingerprint density at radius 3 is 2.08 bits per heavy atom. The van der Waals surface area contributed by atoms with Crippen LogP contribution in [-0.2, 0) is 30.4 Å². The summed E-state index contributed by atoms with van der Waals surface area (Å²) in [5.74, 6) is -3.24. The lowest BCUT2D eigenvalue weighted by atomic mass is 10.0. The number of carboxylic acids is 1. The lowest BCUT2D eigenvalue weighted by molar-refractivity contribution is -0.142. The number of primary amides is 1. The maximum Gasteiger partial charge on any atom is 0.326 e. The van der Waals surface area contributed by atoms with Crippen molar-refractivity contribution in [2.24, 2.45) is 11.5 Å². The number of amides is 4. The molecule has 0 radical (unpaired) electrons. The average Bonchev–Trinajstić information content (AvgIpc) is 3.30. The van der Waals surface area contributed by atoms with Gasteiger partial charge in [0.2, 0.25) is 23.6 Å². The number of nitrogens with two attached hydrogens (primary N) is 2. The number of thioether (sulfide) groups is 2. The lowest BCUT2D eigenvalue weighted by Crippen LogP contribution is -2.58. The van der Waals surface area contributed by atoms with Crippen molar-refractivity contribution in [2.75, 3.05) is 24.0 Å². The number of fused-ring (bicyclic) bond motifs is 1. The van der Waals surface area contributed by atoms with Gasteiger partial charge in [0.05, 0.1) is 12.5 Å². The van der Waals surface area contributed by atoms with Gasteiger partial charge in [0.15, 0.2) is 0 Å². The van der Waals surface area contributed by atoms with Crippen LogP contribution < -0.4 is 27.4 Å². The molecular formula is C25H36N6O6S2. The summed E-state index contributed by atoms with van der Waals surface area (Å²) in [5, 5.41) is 17.8. The summed E-state index contributed by atoms with van der Waals surface area (Å²) in [6.45, 7) is 0. The Balaban J connectivity index is 2.11. The fourth-order valence-electron chi connectivity index (χ4n) is 3.86. The molecule has 2 rings (SSSR count). The highest BCUT2D eigenvalue weighted by Gasteiger charge is 2.31. The predicted octanol–water partition coefficient (Wildman–Crippen LogP) is -0.0417. The third kappa shape index (κ3) is 10.1. The molecule has 0 saturated heterocycles. The summed E-state index contributed by atoms with van der Waals surface area (Å²) < 4.78 is 0. The van der Waals surface area contributed by atoms with Gasteiger partial charge in [-0.2, -0.15) is 23.5 Å². The van der Waals surface area contributed by atoms with E-state index in [2.05, 4.69) is 20.9 Å². The molecule has 0 saturated carbocycles. The molecule has 2 aromatic rings. The minimum atomic E-state index is -1.42. The second kappa shape index (κ2) is 16.0. The van der Waals surface area contributed by atoms with Gasteiger partial charge in [0.25, 0.3) is 0 Å². The second-order valence-corrected chi connectivity index (χ2v) is 10.9. The molecule has 4 amide bonds. The molecule has 1 aromatic heterocycles. The van der Waals surface area contributed by atoms with Crippen molar-refractivity contribution in [2.45, 2.75) is 49.9 Å². The largest absolute Gasteiger partial charge is 0.480 e. The first kappa shape index (κ1) is 32.0. The van der Waals surface area contributed by atoms with Gasteiger partial charge in [0.1, 0.15) is 18.1 Å². The number of rotatable bonds is 17. The van der Waals surface area contributed by atoms with Crippen molar-refractivity contribution < 1.29 is 29.1 Å². The Bertz CT molecular complexity index is 1160. The van der Waals surface area contributed by atoms with Crippen LogP contribution in [0.5, 0.6) is 0 Å². The van der Waals surface area contributed by atoms with Crippen molar-refractivity contribution in [3.8, 4) is 0 Å². The van der Waals surface area contributed by atoms with Gasteiger partial charge in [-0.15, -0.1) is 0 Å². The molecule has 12 nitrogen and oxygen atoms in total. The minimum absolute atomic E-state index is 0.153. The Kier molecular flexibility index (Phi) is 13.1. The molecular weight excluding hydrogens is 544 g/mol. The number of H-pyrrole nitrogens is 1. The highest BCUT2D eigenvalue weighted by Crippen LogP contribution is 2.19. The predicted molar refractivity (Wildman–Crippen MR) is 153 cm³/mol. The number of benzene rings is 1. The molecule has 1 aromatic carbocycles. The molecule has 39 heavy (non-hydrogen) atoms. The van der Waals surface area contributed by atoms with Crippen molar-refractivity contribution in [1.29, 1.82) is 0 Å². The monoisotopic (exact) mass is 580 g/mol. The van der Waals surface area contributed by atoms with Crippen LogP contribution in [0.3, 0.4) is 0 Å². The smallest absolute Gasteiger partial charge is 0.326 e. The SMILES string of the molecule is CSCCC(NC(=O)C(CC(N)=O)NC(=O)C(CCSC)NC(=O)C(N)Cc1c[nH]c2ccccc12)C(=O)O. The fraction of sp³-hybridized carbons (Fsp3) is 0.480. The number of nitrogens with one attached hydrogen (secondary N) is 4. The first-order valence-electron chi connectivity index (χ1n) is 12.3. The summed E-state index contributed by atoms with van der Waals surface area (Å²) in [5.41, 5.74) is 13.2. The van der Waals surface area contributed by atoms with Crippen molar-refractivity contribution in [3.63, 3.8) is 0 Å². The Morgan fingerprint density at radius 1 is 0.897 bits per heavy atom. The second-order valence-electron chi connectivity index (χ2n) is 8.93. The molecule has 9 N–H and O–H groups in total. The molecule has 1 heterocycles.